The highest BCUT2D eigenvalue weighted by molar-refractivity contribution is 7.92. The molecule has 0 aliphatic heterocycles. The summed E-state index contributed by atoms with van der Waals surface area (Å²) in [5.41, 5.74) is 2.60. The molecule has 0 saturated heterocycles. The first-order valence-corrected chi connectivity index (χ1v) is 13.5. The van der Waals surface area contributed by atoms with Crippen molar-refractivity contribution in [2.45, 2.75) is 33.2 Å². The van der Waals surface area contributed by atoms with Gasteiger partial charge in [-0.05, 0) is 35.7 Å². The number of aromatic amines is 1. The van der Waals surface area contributed by atoms with Crippen LogP contribution in [0.25, 0.3) is 22.4 Å². The standard InChI is InChI=1S/C25H27FN6O4S/c1-5-14-11-20(34)17(26)12-16(14)23-28-24(21-22(19(33)6-2)30-31-25(21)29-23)27-13-15-9-7-8-10-18(15)32(3)37(4,35)36/h7-12,34H,5-6,13H2,1-4H3,(H2,27,28,29,30,31). The summed E-state index contributed by atoms with van der Waals surface area (Å²) in [6.07, 6.45) is 1.83. The number of carbonyl (C=O) groups excluding carboxylic acids is 1. The Hall–Kier alpha value is -4.06. The van der Waals surface area contributed by atoms with Crippen molar-refractivity contribution in [1.29, 1.82) is 0 Å². The Kier molecular flexibility index (Phi) is 7.12. The summed E-state index contributed by atoms with van der Waals surface area (Å²) >= 11 is 0. The van der Waals surface area contributed by atoms with Gasteiger partial charge in [0.1, 0.15) is 11.5 Å². The van der Waals surface area contributed by atoms with Crippen molar-refractivity contribution in [1.82, 2.24) is 20.2 Å². The molecule has 194 valence electrons. The summed E-state index contributed by atoms with van der Waals surface area (Å²) in [4.78, 5) is 21.7. The molecule has 0 aliphatic rings. The van der Waals surface area contributed by atoms with Gasteiger partial charge < -0.3 is 10.4 Å². The van der Waals surface area contributed by atoms with E-state index in [-0.39, 0.29) is 41.7 Å². The van der Waals surface area contributed by atoms with Crippen LogP contribution in [0.3, 0.4) is 0 Å². The topological polar surface area (TPSA) is 141 Å². The highest BCUT2D eigenvalue weighted by Gasteiger charge is 2.22. The Bertz CT molecular complexity index is 1600. The Labute approximate surface area is 213 Å². The number of aromatic hydroxyl groups is 1. The minimum absolute atomic E-state index is 0.161. The maximum absolute atomic E-state index is 14.3. The average molecular weight is 527 g/mol. The zero-order valence-corrected chi connectivity index (χ0v) is 21.6. The molecule has 0 unspecified atom stereocenters. The number of fused-ring (bicyclic) bond motifs is 1. The van der Waals surface area contributed by atoms with E-state index in [0.717, 1.165) is 6.26 Å². The first-order valence-electron chi connectivity index (χ1n) is 11.6. The summed E-state index contributed by atoms with van der Waals surface area (Å²) < 4.78 is 39.8. The minimum Gasteiger partial charge on any atom is -0.505 e. The van der Waals surface area contributed by atoms with Gasteiger partial charge in [-0.15, -0.1) is 0 Å². The van der Waals surface area contributed by atoms with Gasteiger partial charge in [0.2, 0.25) is 10.0 Å². The van der Waals surface area contributed by atoms with Crippen molar-refractivity contribution < 1.29 is 22.7 Å². The number of nitrogens with one attached hydrogen (secondary N) is 2. The van der Waals surface area contributed by atoms with Crippen LogP contribution in [0.2, 0.25) is 0 Å². The van der Waals surface area contributed by atoms with Crippen LogP contribution in [-0.4, -0.2) is 52.8 Å². The average Bonchev–Trinajstić information content (AvgIpc) is 3.31. The number of carbonyl (C=O) groups is 1. The zero-order chi connectivity index (χ0) is 26.9. The largest absolute Gasteiger partial charge is 0.505 e. The van der Waals surface area contributed by atoms with Crippen LogP contribution >= 0.6 is 0 Å². The lowest BCUT2D eigenvalue weighted by Gasteiger charge is -2.20. The molecule has 0 saturated carbocycles. The number of rotatable bonds is 9. The highest BCUT2D eigenvalue weighted by Crippen LogP contribution is 2.32. The fourth-order valence-corrected chi connectivity index (χ4v) is 4.52. The lowest BCUT2D eigenvalue weighted by Crippen LogP contribution is -2.26. The molecule has 2 aromatic carbocycles. The first kappa shape index (κ1) is 26.0. The molecule has 0 aliphatic carbocycles. The van der Waals surface area contributed by atoms with E-state index in [4.69, 9.17) is 0 Å². The number of anilines is 2. The van der Waals surface area contributed by atoms with Crippen LogP contribution in [0.1, 0.15) is 41.9 Å². The van der Waals surface area contributed by atoms with Gasteiger partial charge in [0.15, 0.2) is 28.8 Å². The highest BCUT2D eigenvalue weighted by atomic mass is 32.2. The van der Waals surface area contributed by atoms with Gasteiger partial charge in [0.05, 0.1) is 17.3 Å². The predicted molar refractivity (Wildman–Crippen MR) is 140 cm³/mol. The predicted octanol–water partition coefficient (Wildman–Crippen LogP) is 4.03. The number of hydrogen-bond acceptors (Lipinski definition) is 8. The molecule has 37 heavy (non-hydrogen) atoms. The molecule has 12 heteroatoms. The van der Waals surface area contributed by atoms with E-state index >= 15 is 0 Å². The molecular weight excluding hydrogens is 499 g/mol. The molecule has 0 radical (unpaired) electrons. The molecule has 0 atom stereocenters. The summed E-state index contributed by atoms with van der Waals surface area (Å²) in [7, 11) is -2.03. The summed E-state index contributed by atoms with van der Waals surface area (Å²) in [5, 5.41) is 20.3. The smallest absolute Gasteiger partial charge is 0.232 e. The molecule has 4 rings (SSSR count). The molecule has 4 aromatic rings. The third kappa shape index (κ3) is 5.10. The van der Waals surface area contributed by atoms with Crippen LogP contribution in [-0.2, 0) is 23.0 Å². The van der Waals surface area contributed by atoms with Gasteiger partial charge in [0, 0.05) is 25.6 Å². The maximum atomic E-state index is 14.3. The SMILES string of the molecule is CCC(=O)c1[nH]nc2nc(-c3cc(F)c(O)cc3CC)nc(NCc3ccccc3N(C)S(C)(=O)=O)c12. The van der Waals surface area contributed by atoms with E-state index in [9.17, 15) is 22.7 Å². The molecule has 0 spiro atoms. The van der Waals surface area contributed by atoms with Crippen molar-refractivity contribution in [3.8, 4) is 17.1 Å². The number of halogens is 1. The number of phenols is 1. The van der Waals surface area contributed by atoms with E-state index in [0.29, 0.717) is 34.2 Å². The van der Waals surface area contributed by atoms with Gasteiger partial charge in [-0.1, -0.05) is 32.0 Å². The van der Waals surface area contributed by atoms with E-state index in [1.165, 1.54) is 23.5 Å². The fourth-order valence-electron chi connectivity index (χ4n) is 3.98. The lowest BCUT2D eigenvalue weighted by atomic mass is 10.0. The molecule has 2 aromatic heterocycles. The monoisotopic (exact) mass is 526 g/mol. The first-order chi connectivity index (χ1) is 17.5. The number of Topliss-reactive ketones (excluding diaryl/α,β-unsaturated/α-hetero) is 1. The number of hydrogen-bond donors (Lipinski definition) is 3. The second-order valence-electron chi connectivity index (χ2n) is 8.50. The quantitative estimate of drug-likeness (QED) is 0.278. The molecule has 2 heterocycles. The molecule has 0 amide bonds. The van der Waals surface area contributed by atoms with Crippen LogP contribution < -0.4 is 9.62 Å². The van der Waals surface area contributed by atoms with Crippen molar-refractivity contribution >= 4 is 38.3 Å². The minimum atomic E-state index is -3.50. The second kappa shape index (κ2) is 10.1. The number of aromatic nitrogens is 4. The van der Waals surface area contributed by atoms with Gasteiger partial charge in [-0.3, -0.25) is 14.2 Å². The number of phenolic OH excluding ortho intramolecular Hbond substituents is 1. The van der Waals surface area contributed by atoms with E-state index in [1.54, 1.807) is 31.2 Å². The molecule has 3 N–H and O–H groups in total. The van der Waals surface area contributed by atoms with Crippen molar-refractivity contribution in [2.75, 3.05) is 22.9 Å². The molecule has 0 fully saturated rings. The third-order valence-electron chi connectivity index (χ3n) is 6.08. The summed E-state index contributed by atoms with van der Waals surface area (Å²) in [6, 6.07) is 9.49. The number of nitrogens with zero attached hydrogens (tertiary/aromatic N) is 4. The van der Waals surface area contributed by atoms with E-state index in [2.05, 4.69) is 25.5 Å². The van der Waals surface area contributed by atoms with E-state index < -0.39 is 21.6 Å². The van der Waals surface area contributed by atoms with Gasteiger partial charge in [0.25, 0.3) is 0 Å². The number of aryl methyl sites for hydroxylation is 1. The Morgan fingerprint density at radius 2 is 1.89 bits per heavy atom. The zero-order valence-electron chi connectivity index (χ0n) is 20.8. The van der Waals surface area contributed by atoms with Crippen LogP contribution in [0, 0.1) is 5.82 Å². The van der Waals surface area contributed by atoms with Gasteiger partial charge >= 0.3 is 0 Å². The van der Waals surface area contributed by atoms with Crippen molar-refractivity contribution in [3.63, 3.8) is 0 Å². The van der Waals surface area contributed by atoms with Crippen LogP contribution in [0.15, 0.2) is 36.4 Å². The van der Waals surface area contributed by atoms with Crippen LogP contribution in [0.4, 0.5) is 15.9 Å². The number of benzene rings is 2. The lowest BCUT2D eigenvalue weighted by molar-refractivity contribution is 0.0985. The number of ketones is 1. The fraction of sp³-hybridized carbons (Fsp3) is 0.280. The van der Waals surface area contributed by atoms with Crippen molar-refractivity contribution in [2.24, 2.45) is 0 Å². The Morgan fingerprint density at radius 3 is 2.57 bits per heavy atom. The number of para-hydroxylation sites is 1. The third-order valence-corrected chi connectivity index (χ3v) is 7.27. The van der Waals surface area contributed by atoms with Gasteiger partial charge in [-0.25, -0.2) is 22.8 Å². The Balaban J connectivity index is 1.85. The second-order valence-corrected chi connectivity index (χ2v) is 10.5. The molecular formula is C25H27FN6O4S. The number of sulfonamides is 1. The maximum Gasteiger partial charge on any atom is 0.232 e. The summed E-state index contributed by atoms with van der Waals surface area (Å²) in [6.45, 7) is 3.74. The summed E-state index contributed by atoms with van der Waals surface area (Å²) in [5.74, 6) is -1.04. The number of H-pyrrole nitrogens is 1. The Morgan fingerprint density at radius 1 is 1.16 bits per heavy atom. The van der Waals surface area contributed by atoms with Crippen molar-refractivity contribution in [3.05, 3.63) is 59.0 Å². The normalized spacial score (nSPS) is 11.6. The van der Waals surface area contributed by atoms with Crippen LogP contribution in [0.5, 0.6) is 5.75 Å². The van der Waals surface area contributed by atoms with E-state index in [1.807, 2.05) is 6.92 Å². The van der Waals surface area contributed by atoms with Gasteiger partial charge in [-0.2, -0.15) is 5.10 Å². The molecule has 10 nitrogen and oxygen atoms in total. The molecule has 0 bridgehead atoms.